The van der Waals surface area contributed by atoms with Gasteiger partial charge in [0.25, 0.3) is 0 Å². The summed E-state index contributed by atoms with van der Waals surface area (Å²) in [6.07, 6.45) is 0.981. The van der Waals surface area contributed by atoms with Crippen molar-refractivity contribution in [3.63, 3.8) is 0 Å². The van der Waals surface area contributed by atoms with Crippen molar-refractivity contribution >= 4 is 35.4 Å². The Kier molecular flexibility index (Phi) is 12.9. The minimum Gasteiger partial charge on any atom is -0.495 e. The van der Waals surface area contributed by atoms with Crippen LogP contribution in [0.1, 0.15) is 68.9 Å². The lowest BCUT2D eigenvalue weighted by atomic mass is 9.93. The van der Waals surface area contributed by atoms with Gasteiger partial charge in [-0.2, -0.15) is 0 Å². The van der Waals surface area contributed by atoms with E-state index in [0.717, 1.165) is 5.56 Å². The molecule has 0 bridgehead atoms. The van der Waals surface area contributed by atoms with Gasteiger partial charge in [-0.05, 0) is 47.2 Å². The number of epoxide rings is 1. The van der Waals surface area contributed by atoms with Crippen molar-refractivity contribution in [2.24, 2.45) is 11.8 Å². The number of methoxy groups -OCH3 is 1. The number of esters is 2. The number of hydrogen-bond donors (Lipinski definition) is 2. The van der Waals surface area contributed by atoms with E-state index in [1.54, 1.807) is 48.5 Å². The highest BCUT2D eigenvalue weighted by molar-refractivity contribution is 6.32. The van der Waals surface area contributed by atoms with Gasteiger partial charge < -0.3 is 29.6 Å². The predicted molar refractivity (Wildman–Crippen MR) is 192 cm³/mol. The molecular weight excluding hydrogens is 672 g/mol. The van der Waals surface area contributed by atoms with Crippen LogP contribution in [0.25, 0.3) is 0 Å². The standard InChI is InChI=1S/C40H45ClN2O8/c1-24(2)20-34-40(47)50-32(25(3)37-38(51-37)28-14-9-6-10-15-28)16-11-17-35(44)42-31(22-26-18-19-33(48-4)29(41)21-26)39(46)43-30(23-36(45)49-34)27-12-7-5-8-13-27/h5-15,17-19,21,24-25,30-32,34,37-38H,16,20,22-23H2,1-4H3,(H,42,44)(H,43,46)/b17-11+/t25-,30-,31+,32-,34-,37+,38+/m0/s1. The summed E-state index contributed by atoms with van der Waals surface area (Å²) < 4.78 is 23.2. The molecule has 0 radical (unpaired) electrons. The van der Waals surface area contributed by atoms with E-state index in [9.17, 15) is 19.2 Å². The minimum atomic E-state index is -1.17. The average Bonchev–Trinajstić information content (AvgIpc) is 3.91. The molecule has 0 saturated carbocycles. The molecule has 0 aromatic heterocycles. The van der Waals surface area contributed by atoms with E-state index in [1.165, 1.54) is 13.2 Å². The first-order valence-electron chi connectivity index (χ1n) is 17.3. The molecule has 0 spiro atoms. The van der Waals surface area contributed by atoms with Crippen molar-refractivity contribution in [2.45, 2.75) is 83.0 Å². The van der Waals surface area contributed by atoms with E-state index < -0.39 is 48.0 Å². The molecule has 2 amide bonds. The molecule has 10 nitrogen and oxygen atoms in total. The molecule has 2 aliphatic heterocycles. The van der Waals surface area contributed by atoms with Crippen molar-refractivity contribution in [1.29, 1.82) is 0 Å². The quantitative estimate of drug-likeness (QED) is 0.197. The van der Waals surface area contributed by atoms with Gasteiger partial charge in [0, 0.05) is 18.8 Å². The molecule has 0 aliphatic carbocycles. The Labute approximate surface area is 303 Å². The van der Waals surface area contributed by atoms with E-state index in [0.29, 0.717) is 21.9 Å². The number of rotatable bonds is 9. The number of carbonyl (C=O) groups excluding carboxylic acids is 4. The highest BCUT2D eigenvalue weighted by Gasteiger charge is 2.47. The first kappa shape index (κ1) is 37.6. The number of amides is 2. The molecule has 2 N–H and O–H groups in total. The van der Waals surface area contributed by atoms with Crippen LogP contribution in [0, 0.1) is 11.8 Å². The van der Waals surface area contributed by atoms with Gasteiger partial charge in [-0.25, -0.2) is 4.79 Å². The van der Waals surface area contributed by atoms with Gasteiger partial charge in [-0.3, -0.25) is 14.4 Å². The molecule has 2 heterocycles. The Morgan fingerprint density at radius 3 is 2.22 bits per heavy atom. The van der Waals surface area contributed by atoms with E-state index in [2.05, 4.69) is 10.6 Å². The third kappa shape index (κ3) is 10.4. The van der Waals surface area contributed by atoms with Gasteiger partial charge in [0.15, 0.2) is 6.10 Å². The molecule has 0 unspecified atom stereocenters. The highest BCUT2D eigenvalue weighted by atomic mass is 35.5. The first-order chi connectivity index (χ1) is 24.5. The monoisotopic (exact) mass is 716 g/mol. The largest absolute Gasteiger partial charge is 0.495 e. The van der Waals surface area contributed by atoms with Crippen LogP contribution in [-0.2, 0) is 39.8 Å². The molecule has 3 aromatic carbocycles. The zero-order valence-electron chi connectivity index (χ0n) is 29.3. The topological polar surface area (TPSA) is 133 Å². The molecule has 270 valence electrons. The van der Waals surface area contributed by atoms with Crippen LogP contribution in [-0.4, -0.2) is 55.2 Å². The maximum absolute atomic E-state index is 13.9. The second kappa shape index (κ2) is 17.5. The molecule has 3 aromatic rings. The molecule has 1 saturated heterocycles. The van der Waals surface area contributed by atoms with Gasteiger partial charge in [-0.1, -0.05) is 105 Å². The number of hydrogen-bond acceptors (Lipinski definition) is 8. The van der Waals surface area contributed by atoms with Crippen LogP contribution < -0.4 is 15.4 Å². The summed E-state index contributed by atoms with van der Waals surface area (Å²) in [6.45, 7) is 5.78. The summed E-state index contributed by atoms with van der Waals surface area (Å²) in [5.41, 5.74) is 2.35. The normalized spacial score (nSPS) is 25.9. The maximum Gasteiger partial charge on any atom is 0.347 e. The van der Waals surface area contributed by atoms with E-state index in [4.69, 9.17) is 30.5 Å². The summed E-state index contributed by atoms with van der Waals surface area (Å²) in [5.74, 6) is -2.16. The molecule has 11 heteroatoms. The fourth-order valence-corrected chi connectivity index (χ4v) is 6.54. The van der Waals surface area contributed by atoms with Crippen molar-refractivity contribution in [3.05, 3.63) is 113 Å². The van der Waals surface area contributed by atoms with Crippen LogP contribution in [0.3, 0.4) is 0 Å². The third-order valence-corrected chi connectivity index (χ3v) is 9.36. The molecule has 7 atom stereocenters. The second-order valence-electron chi connectivity index (χ2n) is 13.4. The maximum atomic E-state index is 13.9. The van der Waals surface area contributed by atoms with Gasteiger partial charge in [0.05, 0.1) is 30.7 Å². The lowest BCUT2D eigenvalue weighted by Crippen LogP contribution is -2.49. The van der Waals surface area contributed by atoms with Crippen LogP contribution in [0.4, 0.5) is 0 Å². The summed E-state index contributed by atoms with van der Waals surface area (Å²) in [4.78, 5) is 54.6. The van der Waals surface area contributed by atoms with E-state index in [1.807, 2.05) is 57.2 Å². The molecule has 5 rings (SSSR count). The average molecular weight is 717 g/mol. The van der Waals surface area contributed by atoms with Crippen molar-refractivity contribution < 1.29 is 38.1 Å². The SMILES string of the molecule is COc1ccc(C[C@H]2NC(=O)/C=C/C[C@@H]([C@H](C)[C@H]3O[C@@H]3c3ccccc3)OC(=O)[C@H](CC(C)C)OC(=O)C[C@@H](c3ccccc3)NC2=O)cc1Cl. The number of nitrogens with one attached hydrogen (secondary N) is 2. The summed E-state index contributed by atoms with van der Waals surface area (Å²) in [7, 11) is 1.51. The van der Waals surface area contributed by atoms with Crippen molar-refractivity contribution in [3.8, 4) is 5.75 Å². The Morgan fingerprint density at radius 1 is 0.882 bits per heavy atom. The fraction of sp³-hybridized carbons (Fsp3) is 0.400. The number of halogens is 1. The predicted octanol–water partition coefficient (Wildman–Crippen LogP) is 6.23. The fourth-order valence-electron chi connectivity index (χ4n) is 6.26. The van der Waals surface area contributed by atoms with Gasteiger partial charge >= 0.3 is 11.9 Å². The summed E-state index contributed by atoms with van der Waals surface area (Å²) in [5, 5.41) is 6.11. The van der Waals surface area contributed by atoms with Gasteiger partial charge in [0.2, 0.25) is 11.8 Å². The summed E-state index contributed by atoms with van der Waals surface area (Å²) in [6, 6.07) is 22.0. The Balaban J connectivity index is 1.45. The van der Waals surface area contributed by atoms with Crippen LogP contribution >= 0.6 is 11.6 Å². The lowest BCUT2D eigenvalue weighted by Gasteiger charge is -2.27. The number of carbonyl (C=O) groups is 4. The van der Waals surface area contributed by atoms with E-state index in [-0.39, 0.29) is 49.7 Å². The summed E-state index contributed by atoms with van der Waals surface area (Å²) >= 11 is 6.38. The van der Waals surface area contributed by atoms with Crippen LogP contribution in [0.2, 0.25) is 5.02 Å². The highest BCUT2D eigenvalue weighted by Crippen LogP contribution is 2.45. The van der Waals surface area contributed by atoms with E-state index >= 15 is 0 Å². The van der Waals surface area contributed by atoms with Crippen LogP contribution in [0.15, 0.2) is 91.0 Å². The van der Waals surface area contributed by atoms with Gasteiger partial charge in [0.1, 0.15) is 24.0 Å². The first-order valence-corrected chi connectivity index (χ1v) is 17.6. The molecule has 1 fully saturated rings. The minimum absolute atomic E-state index is 0.00600. The molecule has 2 aliphatic rings. The lowest BCUT2D eigenvalue weighted by molar-refractivity contribution is -0.174. The zero-order valence-corrected chi connectivity index (χ0v) is 30.0. The number of ether oxygens (including phenoxy) is 4. The van der Waals surface area contributed by atoms with Gasteiger partial charge in [-0.15, -0.1) is 0 Å². The van der Waals surface area contributed by atoms with Crippen LogP contribution in [0.5, 0.6) is 5.75 Å². The Hall–Kier alpha value is -4.67. The molecule has 51 heavy (non-hydrogen) atoms. The Morgan fingerprint density at radius 2 is 1.57 bits per heavy atom. The number of cyclic esters (lactones) is 2. The molecular formula is C40H45ClN2O8. The van der Waals surface area contributed by atoms with Crippen molar-refractivity contribution in [1.82, 2.24) is 10.6 Å². The second-order valence-corrected chi connectivity index (χ2v) is 13.8. The Bertz CT molecular complexity index is 1700. The smallest absolute Gasteiger partial charge is 0.347 e. The zero-order chi connectivity index (χ0) is 36.5. The third-order valence-electron chi connectivity index (χ3n) is 9.06. The number of benzene rings is 3. The van der Waals surface area contributed by atoms with Crippen molar-refractivity contribution in [2.75, 3.05) is 7.11 Å².